The molecule has 0 bridgehead atoms. The Morgan fingerprint density at radius 2 is 1.10 bits per heavy atom. The molecule has 0 aromatic heterocycles. The Hall–Kier alpha value is -0.950. The van der Waals surface area contributed by atoms with E-state index < -0.39 is 18.3 Å². The van der Waals surface area contributed by atoms with Crippen molar-refractivity contribution in [3.8, 4) is 0 Å². The Balaban J connectivity index is 1.37. The van der Waals surface area contributed by atoms with Gasteiger partial charge in [-0.15, -0.1) is 0 Å². The molecule has 0 saturated carbocycles. The van der Waals surface area contributed by atoms with Crippen molar-refractivity contribution in [2.45, 2.75) is 205 Å². The number of aliphatic hydroxyl groups is 3. The van der Waals surface area contributed by atoms with Crippen LogP contribution in [-0.4, -0.2) is 57.9 Å². The summed E-state index contributed by atoms with van der Waals surface area (Å²) in [5.74, 6) is -0.280. The van der Waals surface area contributed by atoms with Crippen LogP contribution in [0.15, 0.2) is 11.6 Å². The Labute approximate surface area is 251 Å². The summed E-state index contributed by atoms with van der Waals surface area (Å²) in [4.78, 5) is 11.6. The van der Waals surface area contributed by atoms with E-state index in [1.807, 2.05) is 13.0 Å². The van der Waals surface area contributed by atoms with Crippen LogP contribution < -0.4 is 0 Å². The average Bonchev–Trinajstić information content (AvgIpc) is 3.57. The first-order valence-corrected chi connectivity index (χ1v) is 17.5. The zero-order chi connectivity index (χ0) is 29.7. The molecule has 240 valence electrons. The second kappa shape index (κ2) is 22.6. The molecule has 2 aliphatic heterocycles. The van der Waals surface area contributed by atoms with Gasteiger partial charge in [-0.2, -0.15) is 0 Å². The zero-order valence-corrected chi connectivity index (χ0v) is 26.6. The smallest absolute Gasteiger partial charge is 0.334 e. The molecule has 0 aromatic carbocycles. The lowest BCUT2D eigenvalue weighted by Gasteiger charge is -2.22. The lowest BCUT2D eigenvalue weighted by Crippen LogP contribution is -2.31. The van der Waals surface area contributed by atoms with Gasteiger partial charge in [-0.3, -0.25) is 0 Å². The van der Waals surface area contributed by atoms with Gasteiger partial charge in [0.2, 0.25) is 0 Å². The van der Waals surface area contributed by atoms with Crippen LogP contribution in [0.5, 0.6) is 0 Å². The minimum Gasteiger partial charge on any atom is -0.455 e. The third kappa shape index (κ3) is 16.5. The van der Waals surface area contributed by atoms with Gasteiger partial charge >= 0.3 is 5.97 Å². The van der Waals surface area contributed by atoms with Crippen molar-refractivity contribution in [2.75, 3.05) is 0 Å². The predicted molar refractivity (Wildman–Crippen MR) is 167 cm³/mol. The zero-order valence-electron chi connectivity index (χ0n) is 26.6. The molecule has 2 rings (SSSR count). The SMILES string of the molecule is CCCCCCCCCCCC[C@@H](O)[C@H]1CC[C@@H]([C@@H](O)CCCCCCCCCC[C@@H](O)CC2=C[C@H](C)OC2=O)O1. The molecule has 2 heterocycles. The summed E-state index contributed by atoms with van der Waals surface area (Å²) in [6.45, 7) is 4.10. The van der Waals surface area contributed by atoms with Gasteiger partial charge in [-0.25, -0.2) is 4.79 Å². The third-order valence-corrected chi connectivity index (χ3v) is 9.03. The maximum absolute atomic E-state index is 11.6. The quantitative estimate of drug-likeness (QED) is 0.0707. The first kappa shape index (κ1) is 36.2. The van der Waals surface area contributed by atoms with Gasteiger partial charge < -0.3 is 24.8 Å². The first-order chi connectivity index (χ1) is 19.9. The van der Waals surface area contributed by atoms with Gasteiger partial charge in [-0.1, -0.05) is 122 Å². The molecule has 0 amide bonds. The van der Waals surface area contributed by atoms with Crippen LogP contribution in [0.4, 0.5) is 0 Å². The molecule has 1 saturated heterocycles. The molecular weight excluding hydrogens is 516 g/mol. The average molecular weight is 581 g/mol. The molecule has 41 heavy (non-hydrogen) atoms. The number of carbonyl (C=O) groups is 1. The van der Waals surface area contributed by atoms with Crippen molar-refractivity contribution >= 4 is 5.97 Å². The van der Waals surface area contributed by atoms with Gasteiger partial charge in [0.25, 0.3) is 0 Å². The third-order valence-electron chi connectivity index (χ3n) is 9.03. The van der Waals surface area contributed by atoms with Crippen LogP contribution in [0, 0.1) is 0 Å². The lowest BCUT2D eigenvalue weighted by molar-refractivity contribution is -0.139. The normalized spacial score (nSPS) is 23.0. The summed E-state index contributed by atoms with van der Waals surface area (Å²) < 4.78 is 11.2. The van der Waals surface area contributed by atoms with Gasteiger partial charge in [0.15, 0.2) is 0 Å². The Bertz CT molecular complexity index is 694. The van der Waals surface area contributed by atoms with Crippen molar-refractivity contribution in [3.05, 3.63) is 11.6 Å². The fraction of sp³-hybridized carbons (Fsp3) is 0.914. The largest absolute Gasteiger partial charge is 0.455 e. The molecular formula is C35H64O6. The van der Waals surface area contributed by atoms with E-state index in [4.69, 9.17) is 9.47 Å². The Morgan fingerprint density at radius 1 is 0.683 bits per heavy atom. The number of hydrogen-bond donors (Lipinski definition) is 3. The van der Waals surface area contributed by atoms with Gasteiger partial charge in [0.05, 0.1) is 30.5 Å². The van der Waals surface area contributed by atoms with Crippen LogP contribution >= 0.6 is 0 Å². The van der Waals surface area contributed by atoms with Crippen molar-refractivity contribution in [1.82, 2.24) is 0 Å². The molecule has 6 nitrogen and oxygen atoms in total. The number of cyclic esters (lactones) is 1. The summed E-state index contributed by atoms with van der Waals surface area (Å²) in [6, 6.07) is 0. The van der Waals surface area contributed by atoms with E-state index >= 15 is 0 Å². The highest BCUT2D eigenvalue weighted by Gasteiger charge is 2.34. The number of hydrogen-bond acceptors (Lipinski definition) is 6. The summed E-state index contributed by atoms with van der Waals surface area (Å²) in [7, 11) is 0. The Morgan fingerprint density at radius 3 is 1.51 bits per heavy atom. The number of ether oxygens (including phenoxy) is 2. The number of carbonyl (C=O) groups excluding carboxylic acids is 1. The predicted octanol–water partition coefficient (Wildman–Crippen LogP) is 8.09. The fourth-order valence-electron chi connectivity index (χ4n) is 6.40. The lowest BCUT2D eigenvalue weighted by atomic mass is 9.99. The van der Waals surface area contributed by atoms with E-state index in [0.29, 0.717) is 12.0 Å². The molecule has 0 aromatic rings. The van der Waals surface area contributed by atoms with Gasteiger partial charge in [0.1, 0.15) is 6.10 Å². The standard InChI is InChI=1S/C35H64O6/c1-3-4-5-6-7-8-9-13-16-19-22-31(37)33-24-25-34(41-33)32(38)23-20-17-14-11-10-12-15-18-21-30(36)27-29-26-28(2)40-35(29)39/h26,28,30-34,36-38H,3-25,27H2,1-2H3/t28-,30+,31+,32-,33+,34-/m0/s1. The summed E-state index contributed by atoms with van der Waals surface area (Å²) >= 11 is 0. The first-order valence-electron chi connectivity index (χ1n) is 17.5. The van der Waals surface area contributed by atoms with E-state index in [0.717, 1.165) is 64.2 Å². The maximum Gasteiger partial charge on any atom is 0.334 e. The minimum atomic E-state index is -0.461. The Kier molecular flexibility index (Phi) is 20.0. The molecule has 3 N–H and O–H groups in total. The van der Waals surface area contributed by atoms with Crippen molar-refractivity contribution < 1.29 is 29.6 Å². The molecule has 2 aliphatic rings. The number of rotatable bonds is 26. The molecule has 6 atom stereocenters. The van der Waals surface area contributed by atoms with Crippen molar-refractivity contribution in [1.29, 1.82) is 0 Å². The van der Waals surface area contributed by atoms with Crippen LogP contribution in [0.1, 0.15) is 168 Å². The fourth-order valence-corrected chi connectivity index (χ4v) is 6.40. The molecule has 0 spiro atoms. The molecule has 0 unspecified atom stereocenters. The topological polar surface area (TPSA) is 96.2 Å². The minimum absolute atomic E-state index is 0.102. The summed E-state index contributed by atoms with van der Waals surface area (Å²) in [6.07, 6.45) is 26.7. The van der Waals surface area contributed by atoms with Crippen LogP contribution in [0.25, 0.3) is 0 Å². The van der Waals surface area contributed by atoms with Gasteiger partial charge in [-0.05, 0) is 45.1 Å². The van der Waals surface area contributed by atoms with Crippen LogP contribution in [0.3, 0.4) is 0 Å². The van der Waals surface area contributed by atoms with E-state index in [9.17, 15) is 20.1 Å². The van der Waals surface area contributed by atoms with E-state index in [2.05, 4.69) is 6.92 Å². The second-order valence-corrected chi connectivity index (χ2v) is 13.0. The highest BCUT2D eigenvalue weighted by Crippen LogP contribution is 2.28. The maximum atomic E-state index is 11.6. The molecule has 0 aliphatic carbocycles. The van der Waals surface area contributed by atoms with Crippen LogP contribution in [0.2, 0.25) is 0 Å². The number of aliphatic hydroxyl groups excluding tert-OH is 3. The summed E-state index contributed by atoms with van der Waals surface area (Å²) in [5.41, 5.74) is 0.617. The van der Waals surface area contributed by atoms with E-state index in [1.54, 1.807) is 0 Å². The van der Waals surface area contributed by atoms with Gasteiger partial charge in [0, 0.05) is 12.0 Å². The summed E-state index contributed by atoms with van der Waals surface area (Å²) in [5, 5.41) is 31.4. The highest BCUT2D eigenvalue weighted by atomic mass is 16.5. The number of unbranched alkanes of at least 4 members (excludes halogenated alkanes) is 16. The van der Waals surface area contributed by atoms with Crippen molar-refractivity contribution in [2.24, 2.45) is 0 Å². The molecule has 0 radical (unpaired) electrons. The van der Waals surface area contributed by atoms with E-state index in [1.165, 1.54) is 83.5 Å². The van der Waals surface area contributed by atoms with Crippen LogP contribution in [-0.2, 0) is 14.3 Å². The number of esters is 1. The molecule has 6 heteroatoms. The monoisotopic (exact) mass is 580 g/mol. The highest BCUT2D eigenvalue weighted by molar-refractivity contribution is 5.90. The molecule has 1 fully saturated rings. The second-order valence-electron chi connectivity index (χ2n) is 13.0. The van der Waals surface area contributed by atoms with Crippen molar-refractivity contribution in [3.63, 3.8) is 0 Å². The van der Waals surface area contributed by atoms with E-state index in [-0.39, 0.29) is 24.3 Å².